The van der Waals surface area contributed by atoms with Gasteiger partial charge in [0.25, 0.3) is 0 Å². The van der Waals surface area contributed by atoms with Crippen LogP contribution in [0.1, 0.15) is 54.4 Å². The highest BCUT2D eigenvalue weighted by atomic mass is 16.1. The number of carbonyl (C=O) groups is 1. The van der Waals surface area contributed by atoms with E-state index in [1.54, 1.807) is 0 Å². The maximum Gasteiger partial charge on any atom is 0.152 e. The van der Waals surface area contributed by atoms with Crippen molar-refractivity contribution in [2.45, 2.75) is 59.9 Å². The van der Waals surface area contributed by atoms with E-state index in [2.05, 4.69) is 33.0 Å². The summed E-state index contributed by atoms with van der Waals surface area (Å²) in [5.41, 5.74) is -0.148. The van der Waals surface area contributed by atoms with E-state index in [1.807, 2.05) is 13.8 Å². The Kier molecular flexibility index (Phi) is 4.79. The minimum atomic E-state index is -0.174. The third kappa shape index (κ3) is 5.38. The van der Waals surface area contributed by atoms with Gasteiger partial charge in [0.1, 0.15) is 0 Å². The molecule has 0 aromatic rings. The van der Waals surface area contributed by atoms with E-state index in [1.165, 1.54) is 0 Å². The van der Waals surface area contributed by atoms with Gasteiger partial charge in [-0.3, -0.25) is 4.79 Å². The van der Waals surface area contributed by atoms with Crippen LogP contribution in [-0.4, -0.2) is 17.9 Å². The van der Waals surface area contributed by atoms with E-state index in [-0.39, 0.29) is 11.0 Å². The highest BCUT2D eigenvalue weighted by Crippen LogP contribution is 2.23. The lowest BCUT2D eigenvalue weighted by molar-refractivity contribution is -0.126. The van der Waals surface area contributed by atoms with E-state index in [0.717, 1.165) is 12.8 Å². The lowest BCUT2D eigenvalue weighted by Crippen LogP contribution is -2.43. The fraction of sp³-hybridized carbons (Fsp3) is 0.917. The molecule has 0 rings (SSSR count). The Balaban J connectivity index is 4.08. The summed E-state index contributed by atoms with van der Waals surface area (Å²) in [5.74, 6) is 0.314. The zero-order valence-electron chi connectivity index (χ0n) is 10.5. The first kappa shape index (κ1) is 13.6. The van der Waals surface area contributed by atoms with Crippen LogP contribution in [0.5, 0.6) is 0 Å². The van der Waals surface area contributed by atoms with Gasteiger partial charge >= 0.3 is 0 Å². The van der Waals surface area contributed by atoms with Gasteiger partial charge in [0.15, 0.2) is 5.78 Å². The molecule has 14 heavy (non-hydrogen) atoms. The van der Waals surface area contributed by atoms with Crippen LogP contribution < -0.4 is 5.32 Å². The van der Waals surface area contributed by atoms with Gasteiger partial charge in [0, 0.05) is 11.0 Å². The van der Waals surface area contributed by atoms with E-state index in [9.17, 15) is 4.79 Å². The van der Waals surface area contributed by atoms with Crippen molar-refractivity contribution in [2.24, 2.45) is 5.41 Å². The Bertz CT molecular complexity index is 189. The molecule has 0 aromatic carbocycles. The van der Waals surface area contributed by atoms with Gasteiger partial charge in [-0.2, -0.15) is 0 Å². The van der Waals surface area contributed by atoms with Crippen molar-refractivity contribution in [2.75, 3.05) is 6.54 Å². The fourth-order valence-electron chi connectivity index (χ4n) is 1.35. The molecule has 84 valence electrons. The molecule has 0 amide bonds. The lowest BCUT2D eigenvalue weighted by Gasteiger charge is -2.26. The highest BCUT2D eigenvalue weighted by Gasteiger charge is 2.26. The molecule has 2 heteroatoms. The molecule has 0 radical (unpaired) electrons. The van der Waals surface area contributed by atoms with Crippen LogP contribution in [0.15, 0.2) is 0 Å². The Morgan fingerprint density at radius 1 is 1.14 bits per heavy atom. The molecule has 1 N–H and O–H groups in total. The van der Waals surface area contributed by atoms with Gasteiger partial charge < -0.3 is 5.32 Å². The molecular weight excluding hydrogens is 174 g/mol. The van der Waals surface area contributed by atoms with Crippen molar-refractivity contribution < 1.29 is 4.79 Å². The summed E-state index contributed by atoms with van der Waals surface area (Å²) in [7, 11) is 0. The van der Waals surface area contributed by atoms with E-state index < -0.39 is 0 Å². The van der Waals surface area contributed by atoms with Crippen molar-refractivity contribution in [1.29, 1.82) is 0 Å². The number of carbonyl (C=O) groups excluding carboxylic acids is 1. The molecule has 0 saturated carbocycles. The molecule has 2 nitrogen and oxygen atoms in total. The standard InChI is InChI=1S/C12H25NO/c1-7-8-12(5,6)10(14)9-13-11(2,3)4/h13H,7-9H2,1-6H3. The highest BCUT2D eigenvalue weighted by molar-refractivity contribution is 5.85. The molecule has 0 heterocycles. The largest absolute Gasteiger partial charge is 0.305 e. The smallest absolute Gasteiger partial charge is 0.152 e. The topological polar surface area (TPSA) is 29.1 Å². The minimum absolute atomic E-state index is 0.0257. The number of nitrogens with one attached hydrogen (secondary N) is 1. The normalized spacial score (nSPS) is 13.0. The van der Waals surface area contributed by atoms with Crippen molar-refractivity contribution in [3.63, 3.8) is 0 Å². The van der Waals surface area contributed by atoms with Crippen molar-refractivity contribution in [3.8, 4) is 0 Å². The molecule has 0 unspecified atom stereocenters. The van der Waals surface area contributed by atoms with Gasteiger partial charge in [-0.05, 0) is 27.2 Å². The lowest BCUT2D eigenvalue weighted by atomic mass is 9.83. The molecule has 0 fully saturated rings. The van der Waals surface area contributed by atoms with Crippen molar-refractivity contribution in [1.82, 2.24) is 5.32 Å². The molecule has 0 bridgehead atoms. The number of ketones is 1. The van der Waals surface area contributed by atoms with Gasteiger partial charge in [0.2, 0.25) is 0 Å². The van der Waals surface area contributed by atoms with E-state index in [0.29, 0.717) is 12.3 Å². The third-order valence-electron chi connectivity index (χ3n) is 2.41. The number of rotatable bonds is 5. The van der Waals surface area contributed by atoms with Gasteiger partial charge in [0.05, 0.1) is 6.54 Å². The van der Waals surface area contributed by atoms with Crippen LogP contribution in [0.4, 0.5) is 0 Å². The van der Waals surface area contributed by atoms with Crippen LogP contribution in [0, 0.1) is 5.41 Å². The monoisotopic (exact) mass is 199 g/mol. The Morgan fingerprint density at radius 2 is 1.64 bits per heavy atom. The predicted octanol–water partition coefficient (Wildman–Crippen LogP) is 2.77. The molecule has 0 atom stereocenters. The van der Waals surface area contributed by atoms with E-state index >= 15 is 0 Å². The second-order valence-electron chi connectivity index (χ2n) is 5.66. The fourth-order valence-corrected chi connectivity index (χ4v) is 1.35. The summed E-state index contributed by atoms with van der Waals surface area (Å²) in [6, 6.07) is 0. The second-order valence-corrected chi connectivity index (χ2v) is 5.66. The maximum absolute atomic E-state index is 11.8. The summed E-state index contributed by atoms with van der Waals surface area (Å²) in [4.78, 5) is 11.8. The summed E-state index contributed by atoms with van der Waals surface area (Å²) >= 11 is 0. The van der Waals surface area contributed by atoms with Gasteiger partial charge in [-0.15, -0.1) is 0 Å². The average Bonchev–Trinajstić information content (AvgIpc) is 1.98. The van der Waals surface area contributed by atoms with Crippen LogP contribution in [0.2, 0.25) is 0 Å². The van der Waals surface area contributed by atoms with Gasteiger partial charge in [-0.25, -0.2) is 0 Å². The zero-order valence-corrected chi connectivity index (χ0v) is 10.5. The Morgan fingerprint density at radius 3 is 2.00 bits per heavy atom. The number of hydrogen-bond acceptors (Lipinski definition) is 2. The maximum atomic E-state index is 11.8. The predicted molar refractivity (Wildman–Crippen MR) is 61.5 cm³/mol. The SMILES string of the molecule is CCCC(C)(C)C(=O)CNC(C)(C)C. The molecule has 0 aromatic heterocycles. The average molecular weight is 199 g/mol. The first-order chi connectivity index (χ1) is 6.19. The number of hydrogen-bond donors (Lipinski definition) is 1. The first-order valence-corrected chi connectivity index (χ1v) is 5.47. The molecule has 0 aliphatic rings. The molecule has 0 aliphatic heterocycles. The first-order valence-electron chi connectivity index (χ1n) is 5.47. The third-order valence-corrected chi connectivity index (χ3v) is 2.41. The van der Waals surface area contributed by atoms with Crippen LogP contribution >= 0.6 is 0 Å². The molecule has 0 saturated heterocycles. The summed E-state index contributed by atoms with van der Waals surface area (Å²) in [5, 5.41) is 3.24. The number of Topliss-reactive ketones (excluding diaryl/α,β-unsaturated/α-hetero) is 1. The summed E-state index contributed by atoms with van der Waals surface area (Å²) in [6.07, 6.45) is 2.03. The van der Waals surface area contributed by atoms with Crippen LogP contribution in [0.25, 0.3) is 0 Å². The van der Waals surface area contributed by atoms with Crippen molar-refractivity contribution in [3.05, 3.63) is 0 Å². The summed E-state index contributed by atoms with van der Waals surface area (Å²) < 4.78 is 0. The molecular formula is C12H25NO. The Labute approximate surface area is 88.5 Å². The van der Waals surface area contributed by atoms with Crippen LogP contribution in [0.3, 0.4) is 0 Å². The van der Waals surface area contributed by atoms with E-state index in [4.69, 9.17) is 0 Å². The zero-order chi connectivity index (χ0) is 11.4. The molecule has 0 spiro atoms. The Hall–Kier alpha value is -0.370. The molecule has 0 aliphatic carbocycles. The van der Waals surface area contributed by atoms with Crippen LogP contribution in [-0.2, 0) is 4.79 Å². The summed E-state index contributed by atoms with van der Waals surface area (Å²) in [6.45, 7) is 12.9. The minimum Gasteiger partial charge on any atom is -0.305 e. The van der Waals surface area contributed by atoms with Crippen molar-refractivity contribution >= 4 is 5.78 Å². The van der Waals surface area contributed by atoms with Gasteiger partial charge in [-0.1, -0.05) is 27.2 Å². The quantitative estimate of drug-likeness (QED) is 0.737. The second kappa shape index (κ2) is 4.92.